The number of nitrogens with zero attached hydrogens (tertiary/aromatic N) is 2. The Morgan fingerprint density at radius 2 is 2.26 bits per heavy atom. The Morgan fingerprint density at radius 1 is 1.47 bits per heavy atom. The summed E-state index contributed by atoms with van der Waals surface area (Å²) in [5.74, 6) is 0. The molecule has 0 amide bonds. The van der Waals surface area contributed by atoms with Gasteiger partial charge in [0, 0.05) is 39.9 Å². The molecule has 0 spiro atoms. The highest BCUT2D eigenvalue weighted by Crippen LogP contribution is 2.28. The van der Waals surface area contributed by atoms with Crippen molar-refractivity contribution in [3.05, 3.63) is 38.3 Å². The minimum absolute atomic E-state index is 0.367. The molecule has 0 aliphatic heterocycles. The Balaban J connectivity index is 2.16. The molecule has 0 radical (unpaired) electrons. The molecule has 0 aliphatic rings. The van der Waals surface area contributed by atoms with Gasteiger partial charge >= 0.3 is 0 Å². The number of halogens is 1. The van der Waals surface area contributed by atoms with Crippen LogP contribution in [0.1, 0.15) is 35.7 Å². The summed E-state index contributed by atoms with van der Waals surface area (Å²) in [4.78, 5) is 1.37. The molecule has 1 atom stereocenters. The molecule has 0 bridgehead atoms. The average Bonchev–Trinajstić information content (AvgIpc) is 2.91. The van der Waals surface area contributed by atoms with Crippen molar-refractivity contribution in [1.82, 2.24) is 15.1 Å². The van der Waals surface area contributed by atoms with Gasteiger partial charge in [-0.1, -0.05) is 6.92 Å². The number of rotatable bonds is 6. The lowest BCUT2D eigenvalue weighted by Crippen LogP contribution is -2.24. The zero-order valence-corrected chi connectivity index (χ0v) is 14.0. The molecule has 2 heterocycles. The lowest BCUT2D eigenvalue weighted by Gasteiger charge is -2.17. The van der Waals surface area contributed by atoms with Crippen molar-refractivity contribution < 1.29 is 0 Å². The van der Waals surface area contributed by atoms with Crippen molar-refractivity contribution >= 4 is 27.3 Å². The van der Waals surface area contributed by atoms with E-state index in [0.717, 1.165) is 29.6 Å². The topological polar surface area (TPSA) is 29.9 Å². The standard InChI is InChI=1S/C14H20BrN3S/c1-4-5-16-13(14-7-11(15)9-19-14)8-12-6-10(2)17-18(12)3/h6-7,9,13,16H,4-5,8H2,1-3H3. The molecule has 2 aromatic rings. The van der Waals surface area contributed by atoms with Crippen molar-refractivity contribution in [3.63, 3.8) is 0 Å². The first-order valence-corrected chi connectivity index (χ1v) is 8.24. The van der Waals surface area contributed by atoms with Gasteiger partial charge in [0.05, 0.1) is 5.69 Å². The normalized spacial score (nSPS) is 12.8. The van der Waals surface area contributed by atoms with Crippen LogP contribution >= 0.6 is 27.3 Å². The van der Waals surface area contributed by atoms with E-state index in [9.17, 15) is 0 Å². The molecule has 0 saturated heterocycles. The third kappa shape index (κ3) is 3.91. The first kappa shape index (κ1) is 14.8. The van der Waals surface area contributed by atoms with Crippen LogP contribution in [0.4, 0.5) is 0 Å². The van der Waals surface area contributed by atoms with Gasteiger partial charge in [-0.25, -0.2) is 0 Å². The zero-order chi connectivity index (χ0) is 13.8. The van der Waals surface area contributed by atoms with E-state index in [1.165, 1.54) is 10.6 Å². The Morgan fingerprint density at radius 3 is 2.79 bits per heavy atom. The van der Waals surface area contributed by atoms with E-state index in [4.69, 9.17) is 0 Å². The van der Waals surface area contributed by atoms with E-state index < -0.39 is 0 Å². The van der Waals surface area contributed by atoms with E-state index in [2.05, 4.69) is 50.8 Å². The minimum atomic E-state index is 0.367. The fraction of sp³-hybridized carbons (Fsp3) is 0.500. The summed E-state index contributed by atoms with van der Waals surface area (Å²) in [6.45, 7) is 5.28. The predicted octanol–water partition coefficient (Wildman–Crippen LogP) is 3.84. The molecule has 5 heteroatoms. The molecule has 104 valence electrons. The van der Waals surface area contributed by atoms with E-state index in [0.29, 0.717) is 6.04 Å². The zero-order valence-electron chi connectivity index (χ0n) is 11.6. The highest BCUT2D eigenvalue weighted by atomic mass is 79.9. The Bertz CT molecular complexity index is 533. The highest BCUT2D eigenvalue weighted by Gasteiger charge is 2.16. The first-order valence-electron chi connectivity index (χ1n) is 6.57. The third-order valence-corrected chi connectivity index (χ3v) is 4.89. The summed E-state index contributed by atoms with van der Waals surface area (Å²) in [5, 5.41) is 10.2. The third-order valence-electron chi connectivity index (χ3n) is 3.08. The molecular weight excluding hydrogens is 322 g/mol. The molecule has 3 nitrogen and oxygen atoms in total. The van der Waals surface area contributed by atoms with E-state index in [1.807, 2.05) is 18.7 Å². The highest BCUT2D eigenvalue weighted by molar-refractivity contribution is 9.10. The molecule has 2 rings (SSSR count). The Labute approximate surface area is 127 Å². The van der Waals surface area contributed by atoms with Gasteiger partial charge in [-0.2, -0.15) is 5.10 Å². The Kier molecular flexibility index (Phi) is 5.19. The summed E-state index contributed by atoms with van der Waals surface area (Å²) in [6, 6.07) is 4.75. The molecule has 0 aliphatic carbocycles. The van der Waals surface area contributed by atoms with Crippen LogP contribution in [0.15, 0.2) is 22.0 Å². The lowest BCUT2D eigenvalue weighted by atomic mass is 10.1. The molecule has 1 unspecified atom stereocenters. The van der Waals surface area contributed by atoms with Crippen LogP contribution in [0.3, 0.4) is 0 Å². The number of hydrogen-bond donors (Lipinski definition) is 1. The monoisotopic (exact) mass is 341 g/mol. The summed E-state index contributed by atoms with van der Waals surface area (Å²) in [6.07, 6.45) is 2.12. The van der Waals surface area contributed by atoms with E-state index in [-0.39, 0.29) is 0 Å². The average molecular weight is 342 g/mol. The maximum Gasteiger partial charge on any atom is 0.0596 e. The van der Waals surface area contributed by atoms with Crippen LogP contribution in [0, 0.1) is 6.92 Å². The largest absolute Gasteiger partial charge is 0.309 e. The fourth-order valence-corrected chi connectivity index (χ4v) is 3.69. The summed E-state index contributed by atoms with van der Waals surface area (Å²) in [7, 11) is 2.02. The molecule has 0 fully saturated rings. The maximum atomic E-state index is 4.43. The van der Waals surface area contributed by atoms with Gasteiger partial charge < -0.3 is 5.32 Å². The molecule has 2 aromatic heterocycles. The van der Waals surface area contributed by atoms with Crippen LogP contribution in [0.5, 0.6) is 0 Å². The van der Waals surface area contributed by atoms with Crippen LogP contribution in [-0.2, 0) is 13.5 Å². The summed E-state index contributed by atoms with van der Waals surface area (Å²) >= 11 is 5.34. The van der Waals surface area contributed by atoms with Gasteiger partial charge in [-0.15, -0.1) is 11.3 Å². The van der Waals surface area contributed by atoms with Crippen molar-refractivity contribution in [2.24, 2.45) is 7.05 Å². The number of nitrogens with one attached hydrogen (secondary N) is 1. The van der Waals surface area contributed by atoms with Crippen molar-refractivity contribution in [2.75, 3.05) is 6.54 Å². The minimum Gasteiger partial charge on any atom is -0.309 e. The quantitative estimate of drug-likeness (QED) is 0.865. The second-order valence-electron chi connectivity index (χ2n) is 4.78. The molecule has 1 N–H and O–H groups in total. The smallest absolute Gasteiger partial charge is 0.0596 e. The number of aromatic nitrogens is 2. The summed E-state index contributed by atoms with van der Waals surface area (Å²) < 4.78 is 3.15. The number of aryl methyl sites for hydroxylation is 2. The summed E-state index contributed by atoms with van der Waals surface area (Å²) in [5.41, 5.74) is 2.36. The van der Waals surface area contributed by atoms with Crippen molar-refractivity contribution in [3.8, 4) is 0 Å². The van der Waals surface area contributed by atoms with Gasteiger partial charge in [0.1, 0.15) is 0 Å². The van der Waals surface area contributed by atoms with Crippen LogP contribution < -0.4 is 5.32 Å². The van der Waals surface area contributed by atoms with Crippen LogP contribution in [0.2, 0.25) is 0 Å². The van der Waals surface area contributed by atoms with Gasteiger partial charge in [-0.05, 0) is 48.0 Å². The number of hydrogen-bond acceptors (Lipinski definition) is 3. The molecule has 19 heavy (non-hydrogen) atoms. The van der Waals surface area contributed by atoms with Crippen LogP contribution in [-0.4, -0.2) is 16.3 Å². The van der Waals surface area contributed by atoms with E-state index >= 15 is 0 Å². The second kappa shape index (κ2) is 6.68. The van der Waals surface area contributed by atoms with Crippen LogP contribution in [0.25, 0.3) is 0 Å². The predicted molar refractivity (Wildman–Crippen MR) is 84.7 cm³/mol. The van der Waals surface area contributed by atoms with E-state index in [1.54, 1.807) is 11.3 Å². The van der Waals surface area contributed by atoms with Crippen molar-refractivity contribution in [2.45, 2.75) is 32.7 Å². The molecule has 0 saturated carbocycles. The number of thiophene rings is 1. The maximum absolute atomic E-state index is 4.43. The van der Waals surface area contributed by atoms with Gasteiger partial charge in [0.15, 0.2) is 0 Å². The molecular formula is C14H20BrN3S. The first-order chi connectivity index (χ1) is 9.10. The fourth-order valence-electron chi connectivity index (χ4n) is 2.17. The lowest BCUT2D eigenvalue weighted by molar-refractivity contribution is 0.518. The van der Waals surface area contributed by atoms with Gasteiger partial charge in [-0.3, -0.25) is 4.68 Å². The SMILES string of the molecule is CCCNC(Cc1cc(C)nn1C)c1cc(Br)cs1. The Hall–Kier alpha value is -0.650. The van der Waals surface area contributed by atoms with Gasteiger partial charge in [0.2, 0.25) is 0 Å². The second-order valence-corrected chi connectivity index (χ2v) is 6.64. The van der Waals surface area contributed by atoms with Gasteiger partial charge in [0.25, 0.3) is 0 Å². The van der Waals surface area contributed by atoms with Crippen molar-refractivity contribution in [1.29, 1.82) is 0 Å². The molecule has 0 aromatic carbocycles.